The summed E-state index contributed by atoms with van der Waals surface area (Å²) in [4.78, 5) is 3.75. The molecular formula is C8H7F2N3. The lowest BCUT2D eigenvalue weighted by molar-refractivity contribution is 0.163. The number of alkyl halides is 2. The van der Waals surface area contributed by atoms with Crippen LogP contribution in [-0.4, -0.2) is 18.0 Å². The zero-order valence-corrected chi connectivity index (χ0v) is 6.67. The summed E-state index contributed by atoms with van der Waals surface area (Å²) < 4.78 is 23.4. The standard InChI is InChI=1S/C8H7F2N3/c9-7(10)5-13-8-2-1-6(3-11)4-12-8/h1-2,4,7H,5H2,(H,12,13). The average Bonchev–Trinajstić information content (AvgIpc) is 2.15. The van der Waals surface area contributed by atoms with Crippen molar-refractivity contribution < 1.29 is 8.78 Å². The monoisotopic (exact) mass is 183 g/mol. The summed E-state index contributed by atoms with van der Waals surface area (Å²) in [5.74, 6) is 0.347. The summed E-state index contributed by atoms with van der Waals surface area (Å²) in [6, 6.07) is 4.88. The highest BCUT2D eigenvalue weighted by molar-refractivity contribution is 5.38. The fourth-order valence-corrected chi connectivity index (χ4v) is 0.746. The molecule has 1 aromatic heterocycles. The third-order valence-electron chi connectivity index (χ3n) is 1.33. The minimum Gasteiger partial charge on any atom is -0.364 e. The van der Waals surface area contributed by atoms with Crippen LogP contribution in [0, 0.1) is 11.3 Å². The van der Waals surface area contributed by atoms with E-state index in [0.29, 0.717) is 11.4 Å². The second-order valence-electron chi connectivity index (χ2n) is 2.32. The highest BCUT2D eigenvalue weighted by Crippen LogP contribution is 2.04. The first-order chi connectivity index (χ1) is 6.22. The van der Waals surface area contributed by atoms with E-state index in [0.717, 1.165) is 0 Å². The lowest BCUT2D eigenvalue weighted by Gasteiger charge is -2.03. The quantitative estimate of drug-likeness (QED) is 0.774. The van der Waals surface area contributed by atoms with Crippen LogP contribution in [0.2, 0.25) is 0 Å². The van der Waals surface area contributed by atoms with Crippen molar-refractivity contribution in [1.82, 2.24) is 4.98 Å². The van der Waals surface area contributed by atoms with Crippen molar-refractivity contribution in [2.24, 2.45) is 0 Å². The zero-order chi connectivity index (χ0) is 9.68. The number of nitrogens with one attached hydrogen (secondary N) is 1. The van der Waals surface area contributed by atoms with E-state index in [-0.39, 0.29) is 0 Å². The molecule has 13 heavy (non-hydrogen) atoms. The molecule has 0 fully saturated rings. The van der Waals surface area contributed by atoms with E-state index in [2.05, 4.69) is 10.3 Å². The molecule has 0 aliphatic carbocycles. The molecule has 1 heterocycles. The molecule has 0 saturated heterocycles. The molecule has 5 heteroatoms. The van der Waals surface area contributed by atoms with Crippen LogP contribution >= 0.6 is 0 Å². The molecule has 3 nitrogen and oxygen atoms in total. The SMILES string of the molecule is N#Cc1ccc(NCC(F)F)nc1. The second-order valence-corrected chi connectivity index (χ2v) is 2.32. The van der Waals surface area contributed by atoms with E-state index in [9.17, 15) is 8.78 Å². The highest BCUT2D eigenvalue weighted by Gasteiger charge is 2.01. The molecule has 0 radical (unpaired) electrons. The van der Waals surface area contributed by atoms with Gasteiger partial charge in [0.2, 0.25) is 0 Å². The summed E-state index contributed by atoms with van der Waals surface area (Å²) in [6.07, 6.45) is -1.08. The third kappa shape index (κ3) is 3.03. The second kappa shape index (κ2) is 4.36. The first kappa shape index (κ1) is 9.39. The molecule has 0 saturated carbocycles. The van der Waals surface area contributed by atoms with Crippen LogP contribution < -0.4 is 5.32 Å². The third-order valence-corrected chi connectivity index (χ3v) is 1.33. The Kier molecular flexibility index (Phi) is 3.15. The summed E-state index contributed by atoms with van der Waals surface area (Å²) in [5, 5.41) is 10.8. The number of pyridine rings is 1. The van der Waals surface area contributed by atoms with Crippen LogP contribution in [0.4, 0.5) is 14.6 Å². The Morgan fingerprint density at radius 3 is 2.77 bits per heavy atom. The van der Waals surface area contributed by atoms with Gasteiger partial charge in [-0.05, 0) is 12.1 Å². The molecule has 0 atom stereocenters. The van der Waals surface area contributed by atoms with Gasteiger partial charge < -0.3 is 5.32 Å². The van der Waals surface area contributed by atoms with E-state index in [1.165, 1.54) is 18.3 Å². The Hall–Kier alpha value is -1.70. The molecule has 0 bridgehead atoms. The van der Waals surface area contributed by atoms with Crippen molar-refractivity contribution in [1.29, 1.82) is 5.26 Å². The van der Waals surface area contributed by atoms with Crippen molar-refractivity contribution >= 4 is 5.82 Å². The van der Waals surface area contributed by atoms with Crippen LogP contribution in [0.5, 0.6) is 0 Å². The van der Waals surface area contributed by atoms with Crippen LogP contribution in [0.15, 0.2) is 18.3 Å². The smallest absolute Gasteiger partial charge is 0.255 e. The Labute approximate surface area is 74.0 Å². The lowest BCUT2D eigenvalue weighted by atomic mass is 10.3. The van der Waals surface area contributed by atoms with Crippen molar-refractivity contribution in [2.45, 2.75) is 6.43 Å². The van der Waals surface area contributed by atoms with Crippen LogP contribution in [0.25, 0.3) is 0 Å². The fraction of sp³-hybridized carbons (Fsp3) is 0.250. The number of nitrogens with zero attached hydrogens (tertiary/aromatic N) is 2. The van der Waals surface area contributed by atoms with Gasteiger partial charge in [-0.2, -0.15) is 5.26 Å². The predicted molar refractivity (Wildman–Crippen MR) is 43.4 cm³/mol. The van der Waals surface area contributed by atoms with Gasteiger partial charge in [-0.25, -0.2) is 13.8 Å². The Balaban J connectivity index is 2.55. The molecule has 0 unspecified atom stereocenters. The number of hydrogen-bond donors (Lipinski definition) is 1. The minimum atomic E-state index is -2.41. The maximum atomic E-state index is 11.7. The van der Waals surface area contributed by atoms with Crippen molar-refractivity contribution in [2.75, 3.05) is 11.9 Å². The van der Waals surface area contributed by atoms with Crippen LogP contribution in [0.3, 0.4) is 0 Å². The largest absolute Gasteiger partial charge is 0.364 e. The minimum absolute atomic E-state index is 0.347. The number of aromatic nitrogens is 1. The highest BCUT2D eigenvalue weighted by atomic mass is 19.3. The van der Waals surface area contributed by atoms with Gasteiger partial charge in [-0.3, -0.25) is 0 Å². The molecule has 0 aliphatic heterocycles. The Bertz CT molecular complexity index is 302. The normalized spacial score (nSPS) is 9.69. The van der Waals surface area contributed by atoms with E-state index in [4.69, 9.17) is 5.26 Å². The van der Waals surface area contributed by atoms with E-state index in [1.807, 2.05) is 6.07 Å². The summed E-state index contributed by atoms with van der Waals surface area (Å²) in [6.45, 7) is -0.432. The lowest BCUT2D eigenvalue weighted by Crippen LogP contribution is -2.10. The van der Waals surface area contributed by atoms with Gasteiger partial charge in [0, 0.05) is 6.20 Å². The Morgan fingerprint density at radius 2 is 2.31 bits per heavy atom. The molecule has 0 aromatic carbocycles. The molecule has 0 amide bonds. The van der Waals surface area contributed by atoms with Crippen molar-refractivity contribution in [3.63, 3.8) is 0 Å². The molecule has 1 N–H and O–H groups in total. The predicted octanol–water partition coefficient (Wildman–Crippen LogP) is 1.63. The fourth-order valence-electron chi connectivity index (χ4n) is 0.746. The number of hydrogen-bond acceptors (Lipinski definition) is 3. The van der Waals surface area contributed by atoms with Gasteiger partial charge in [-0.1, -0.05) is 0 Å². The molecule has 0 spiro atoms. The topological polar surface area (TPSA) is 48.7 Å². The van der Waals surface area contributed by atoms with E-state index in [1.54, 1.807) is 0 Å². The first-order valence-corrected chi connectivity index (χ1v) is 3.60. The van der Waals surface area contributed by atoms with Gasteiger partial charge in [0.1, 0.15) is 11.9 Å². The molecular weight excluding hydrogens is 176 g/mol. The Morgan fingerprint density at radius 1 is 1.54 bits per heavy atom. The van der Waals surface area contributed by atoms with Crippen LogP contribution in [0.1, 0.15) is 5.56 Å². The zero-order valence-electron chi connectivity index (χ0n) is 6.67. The van der Waals surface area contributed by atoms with Gasteiger partial charge >= 0.3 is 0 Å². The number of anilines is 1. The van der Waals surface area contributed by atoms with E-state index >= 15 is 0 Å². The summed E-state index contributed by atoms with van der Waals surface area (Å²) in [7, 11) is 0. The van der Waals surface area contributed by atoms with Crippen LogP contribution in [-0.2, 0) is 0 Å². The van der Waals surface area contributed by atoms with Gasteiger partial charge in [-0.15, -0.1) is 0 Å². The average molecular weight is 183 g/mol. The number of rotatable bonds is 3. The van der Waals surface area contributed by atoms with E-state index < -0.39 is 13.0 Å². The van der Waals surface area contributed by atoms with Gasteiger partial charge in [0.15, 0.2) is 0 Å². The molecule has 0 aliphatic rings. The molecule has 68 valence electrons. The summed E-state index contributed by atoms with van der Waals surface area (Å²) >= 11 is 0. The van der Waals surface area contributed by atoms with Crippen molar-refractivity contribution in [3.05, 3.63) is 23.9 Å². The molecule has 1 aromatic rings. The van der Waals surface area contributed by atoms with Gasteiger partial charge in [0.05, 0.1) is 12.1 Å². The van der Waals surface area contributed by atoms with Gasteiger partial charge in [0.25, 0.3) is 6.43 Å². The maximum absolute atomic E-state index is 11.7. The maximum Gasteiger partial charge on any atom is 0.255 e. The van der Waals surface area contributed by atoms with Crippen molar-refractivity contribution in [3.8, 4) is 6.07 Å². The molecule has 1 rings (SSSR count). The summed E-state index contributed by atoms with van der Waals surface area (Å²) in [5.41, 5.74) is 0.405. The number of halogens is 2. The first-order valence-electron chi connectivity index (χ1n) is 3.60. The number of nitriles is 1.